The first-order valence-corrected chi connectivity index (χ1v) is 13.2. The van der Waals surface area contributed by atoms with E-state index in [2.05, 4.69) is 28.1 Å². The molecule has 3 atom stereocenters. The second-order valence-electron chi connectivity index (χ2n) is 7.82. The summed E-state index contributed by atoms with van der Waals surface area (Å²) < 4.78 is 25.8. The highest BCUT2D eigenvalue weighted by atomic mass is 31.2. The van der Waals surface area contributed by atoms with Crippen molar-refractivity contribution in [3.8, 4) is 0 Å². The highest BCUT2D eigenvalue weighted by Gasteiger charge is 2.25. The molecule has 0 saturated heterocycles. The summed E-state index contributed by atoms with van der Waals surface area (Å²) in [5, 5.41) is 27.0. The van der Waals surface area contributed by atoms with Gasteiger partial charge in [-0.05, 0) is 32.1 Å². The number of hydrogen-bond donors (Lipinski definition) is 4. The third-order valence-corrected chi connectivity index (χ3v) is 5.66. The van der Waals surface area contributed by atoms with E-state index in [1.54, 1.807) is 0 Å². The summed E-state index contributed by atoms with van der Waals surface area (Å²) in [5.41, 5.74) is 0. The lowest BCUT2D eigenvalue weighted by Crippen LogP contribution is -2.27. The number of ether oxygens (including phenoxy) is 1. The topological polar surface area (TPSA) is 143 Å². The fraction of sp³-hybridized carbons (Fsp3) is 0.864. The van der Waals surface area contributed by atoms with Crippen LogP contribution in [0.3, 0.4) is 0 Å². The van der Waals surface area contributed by atoms with Crippen molar-refractivity contribution in [3.05, 3.63) is 12.2 Å². The van der Waals surface area contributed by atoms with Gasteiger partial charge in [0.1, 0.15) is 12.2 Å². The predicted molar refractivity (Wildman–Crippen MR) is 122 cm³/mol. The lowest BCUT2D eigenvalue weighted by molar-refractivity contribution is -0.153. The molecule has 0 saturated carbocycles. The maximum atomic E-state index is 11.9. The zero-order valence-electron chi connectivity index (χ0n) is 19.4. The normalized spacial score (nSPS) is 15.5. The zero-order chi connectivity index (χ0) is 24.1. The van der Waals surface area contributed by atoms with Gasteiger partial charge in [-0.1, -0.05) is 57.6 Å². The maximum Gasteiger partial charge on any atom is 0.472 e. The highest BCUT2D eigenvalue weighted by molar-refractivity contribution is 7.47. The molecule has 9 nitrogen and oxygen atoms in total. The summed E-state index contributed by atoms with van der Waals surface area (Å²) in [6, 6.07) is 0. The van der Waals surface area contributed by atoms with E-state index in [9.17, 15) is 19.4 Å². The van der Waals surface area contributed by atoms with E-state index in [0.717, 1.165) is 38.5 Å². The fourth-order valence-electron chi connectivity index (χ4n) is 2.80. The van der Waals surface area contributed by atoms with Gasteiger partial charge in [0, 0.05) is 6.42 Å². The first kappa shape index (κ1) is 31.2. The van der Waals surface area contributed by atoms with Crippen LogP contribution in [-0.4, -0.2) is 64.8 Å². The van der Waals surface area contributed by atoms with Gasteiger partial charge in [0.25, 0.3) is 0 Å². The quantitative estimate of drug-likeness (QED) is 0.0787. The molecule has 0 aromatic heterocycles. The number of aliphatic hydroxyl groups is 3. The summed E-state index contributed by atoms with van der Waals surface area (Å²) >= 11 is 0. The van der Waals surface area contributed by atoms with Crippen LogP contribution in [-0.2, 0) is 23.1 Å². The molecule has 0 rings (SSSR count). The van der Waals surface area contributed by atoms with Crippen LogP contribution >= 0.6 is 7.82 Å². The summed E-state index contributed by atoms with van der Waals surface area (Å²) in [4.78, 5) is 21.3. The van der Waals surface area contributed by atoms with E-state index in [-0.39, 0.29) is 6.42 Å². The molecular formula is C22H43O9P. The molecule has 4 N–H and O–H groups in total. The molecule has 0 aliphatic heterocycles. The summed E-state index contributed by atoms with van der Waals surface area (Å²) in [6.45, 7) is -0.115. The van der Waals surface area contributed by atoms with Gasteiger partial charge in [-0.15, -0.1) is 0 Å². The Hall–Kier alpha value is -0.800. The molecule has 0 aromatic carbocycles. The van der Waals surface area contributed by atoms with Crippen molar-refractivity contribution in [2.75, 3.05) is 26.4 Å². The Morgan fingerprint density at radius 2 is 1.44 bits per heavy atom. The number of unbranched alkanes of at least 4 members (excludes halogenated alkanes) is 9. The Kier molecular flexibility index (Phi) is 20.3. The van der Waals surface area contributed by atoms with Crippen LogP contribution in [0.5, 0.6) is 0 Å². The van der Waals surface area contributed by atoms with E-state index >= 15 is 0 Å². The number of carbonyl (C=O) groups excluding carboxylic acids is 1. The summed E-state index contributed by atoms with van der Waals surface area (Å²) in [7, 11) is -4.50. The fourth-order valence-corrected chi connectivity index (χ4v) is 3.59. The number of esters is 1. The molecule has 10 heteroatoms. The predicted octanol–water partition coefficient (Wildman–Crippen LogP) is 3.63. The minimum absolute atomic E-state index is 0.199. The molecule has 0 aliphatic carbocycles. The Balaban J connectivity index is 3.78. The number of phosphoric acid groups is 1. The Labute approximate surface area is 192 Å². The first-order valence-electron chi connectivity index (χ1n) is 11.7. The molecule has 0 fully saturated rings. The molecule has 32 heavy (non-hydrogen) atoms. The second kappa shape index (κ2) is 20.8. The number of aliphatic hydroxyl groups excluding tert-OH is 3. The van der Waals surface area contributed by atoms with Crippen molar-refractivity contribution < 1.29 is 43.4 Å². The van der Waals surface area contributed by atoms with E-state index in [0.29, 0.717) is 6.42 Å². The van der Waals surface area contributed by atoms with Gasteiger partial charge in [-0.25, -0.2) is 4.57 Å². The molecular weight excluding hydrogens is 439 g/mol. The van der Waals surface area contributed by atoms with E-state index in [1.165, 1.54) is 25.7 Å². The van der Waals surface area contributed by atoms with Gasteiger partial charge in [0.05, 0.1) is 26.4 Å². The molecule has 0 heterocycles. The SMILES string of the molecule is CCCCCC/C=C/CCCCCCCC(=O)O[C@H](CO)COP(=O)(O)OC[C@@H](O)CO. The minimum Gasteiger partial charge on any atom is -0.457 e. The van der Waals surface area contributed by atoms with Crippen LogP contribution in [0.1, 0.15) is 84.0 Å². The van der Waals surface area contributed by atoms with Crippen LogP contribution in [0.25, 0.3) is 0 Å². The standard InChI is InChI=1S/C22H43O9P/c1-2-3-4-5-6-7-8-9-10-11-12-13-14-15-22(26)31-21(17-24)19-30-32(27,28)29-18-20(25)16-23/h7-8,20-21,23-25H,2-6,9-19H2,1H3,(H,27,28)/b8-7+/t20-,21+/m0/s1. The van der Waals surface area contributed by atoms with Crippen molar-refractivity contribution in [3.63, 3.8) is 0 Å². The van der Waals surface area contributed by atoms with Crippen molar-refractivity contribution in [2.45, 2.75) is 96.2 Å². The second-order valence-corrected chi connectivity index (χ2v) is 9.27. The average Bonchev–Trinajstić information content (AvgIpc) is 2.78. The molecule has 1 unspecified atom stereocenters. The molecule has 0 amide bonds. The first-order chi connectivity index (χ1) is 15.3. The number of rotatable bonds is 22. The zero-order valence-corrected chi connectivity index (χ0v) is 20.3. The Morgan fingerprint density at radius 3 is 2.03 bits per heavy atom. The largest absolute Gasteiger partial charge is 0.472 e. The van der Waals surface area contributed by atoms with Gasteiger partial charge in [0.2, 0.25) is 0 Å². The Bertz CT molecular complexity index is 528. The van der Waals surface area contributed by atoms with E-state index < -0.39 is 52.4 Å². The van der Waals surface area contributed by atoms with Crippen molar-refractivity contribution in [1.82, 2.24) is 0 Å². The van der Waals surface area contributed by atoms with Crippen LogP contribution in [0.2, 0.25) is 0 Å². The van der Waals surface area contributed by atoms with Gasteiger partial charge >= 0.3 is 13.8 Å². The Morgan fingerprint density at radius 1 is 0.875 bits per heavy atom. The van der Waals surface area contributed by atoms with Crippen molar-refractivity contribution in [2.24, 2.45) is 0 Å². The molecule has 0 aliphatic rings. The van der Waals surface area contributed by atoms with Gasteiger partial charge in [0.15, 0.2) is 0 Å². The molecule has 0 radical (unpaired) electrons. The number of hydrogen-bond acceptors (Lipinski definition) is 8. The van der Waals surface area contributed by atoms with Gasteiger partial charge in [-0.3, -0.25) is 13.8 Å². The summed E-state index contributed by atoms with van der Waals surface area (Å²) in [6.07, 6.45) is 14.6. The smallest absolute Gasteiger partial charge is 0.457 e. The highest BCUT2D eigenvalue weighted by Crippen LogP contribution is 2.43. The van der Waals surface area contributed by atoms with Crippen molar-refractivity contribution >= 4 is 13.8 Å². The lowest BCUT2D eigenvalue weighted by Gasteiger charge is -2.18. The lowest BCUT2D eigenvalue weighted by atomic mass is 10.1. The van der Waals surface area contributed by atoms with Crippen LogP contribution in [0.4, 0.5) is 0 Å². The molecule has 0 bridgehead atoms. The average molecular weight is 483 g/mol. The van der Waals surface area contributed by atoms with Crippen LogP contribution in [0.15, 0.2) is 12.2 Å². The van der Waals surface area contributed by atoms with Gasteiger partial charge in [-0.2, -0.15) is 0 Å². The number of carbonyl (C=O) groups is 1. The monoisotopic (exact) mass is 482 g/mol. The van der Waals surface area contributed by atoms with Gasteiger partial charge < -0.3 is 24.9 Å². The molecule has 190 valence electrons. The maximum absolute atomic E-state index is 11.9. The van der Waals surface area contributed by atoms with Crippen LogP contribution in [0, 0.1) is 0 Å². The molecule has 0 aromatic rings. The van der Waals surface area contributed by atoms with E-state index in [1.807, 2.05) is 0 Å². The third kappa shape index (κ3) is 19.9. The van der Waals surface area contributed by atoms with Crippen LogP contribution < -0.4 is 0 Å². The molecule has 0 spiro atoms. The minimum atomic E-state index is -4.50. The number of allylic oxidation sites excluding steroid dienone is 2. The third-order valence-electron chi connectivity index (χ3n) is 4.71. The number of phosphoric ester groups is 1. The summed E-state index contributed by atoms with van der Waals surface area (Å²) in [5.74, 6) is -0.511. The van der Waals surface area contributed by atoms with E-state index in [4.69, 9.17) is 14.9 Å². The van der Waals surface area contributed by atoms with Crippen molar-refractivity contribution in [1.29, 1.82) is 0 Å².